The number of hydrogen-bond donors (Lipinski definition) is 1. The maximum Gasteiger partial charge on any atom is 0.251 e. The predicted octanol–water partition coefficient (Wildman–Crippen LogP) is 0.429. The zero-order valence-corrected chi connectivity index (χ0v) is 10.9. The lowest BCUT2D eigenvalue weighted by Crippen LogP contribution is -2.29. The van der Waals surface area contributed by atoms with Gasteiger partial charge >= 0.3 is 0 Å². The molecule has 1 atom stereocenters. The molecule has 1 aliphatic heterocycles. The van der Waals surface area contributed by atoms with E-state index in [2.05, 4.69) is 20.8 Å². The van der Waals surface area contributed by atoms with E-state index in [0.29, 0.717) is 18.0 Å². The van der Waals surface area contributed by atoms with Gasteiger partial charge in [0.25, 0.3) is 5.91 Å². The Hall–Kier alpha value is -2.28. The number of benzene rings is 1. The van der Waals surface area contributed by atoms with Crippen molar-refractivity contribution in [2.24, 2.45) is 5.92 Å². The Morgan fingerprint density at radius 1 is 1.40 bits per heavy atom. The van der Waals surface area contributed by atoms with Gasteiger partial charge in [-0.3, -0.25) is 4.79 Å². The molecule has 2 heterocycles. The molecule has 0 unspecified atom stereocenters. The molecule has 104 valence electrons. The summed E-state index contributed by atoms with van der Waals surface area (Å²) in [6.07, 6.45) is 2.52. The number of tetrazole rings is 1. The highest BCUT2D eigenvalue weighted by atomic mass is 16.5. The van der Waals surface area contributed by atoms with E-state index < -0.39 is 0 Å². The fourth-order valence-electron chi connectivity index (χ4n) is 2.13. The molecule has 0 spiro atoms. The Balaban J connectivity index is 1.60. The van der Waals surface area contributed by atoms with Gasteiger partial charge in [0.2, 0.25) is 0 Å². The van der Waals surface area contributed by atoms with Crippen LogP contribution in [0.15, 0.2) is 30.6 Å². The first-order chi connectivity index (χ1) is 9.83. The first kappa shape index (κ1) is 12.7. The number of amides is 1. The number of nitrogens with zero attached hydrogens (tertiary/aromatic N) is 4. The van der Waals surface area contributed by atoms with Crippen molar-refractivity contribution in [2.45, 2.75) is 6.42 Å². The highest BCUT2D eigenvalue weighted by Crippen LogP contribution is 2.11. The van der Waals surface area contributed by atoms with Crippen LogP contribution < -0.4 is 5.32 Å². The Bertz CT molecular complexity index is 561. The average Bonchev–Trinajstić information content (AvgIpc) is 3.18. The lowest BCUT2D eigenvalue weighted by molar-refractivity contribution is 0.0945. The zero-order chi connectivity index (χ0) is 13.8. The van der Waals surface area contributed by atoms with Crippen molar-refractivity contribution in [3.8, 4) is 5.69 Å². The van der Waals surface area contributed by atoms with Crippen molar-refractivity contribution in [1.82, 2.24) is 25.5 Å². The van der Waals surface area contributed by atoms with Crippen LogP contribution in [0.1, 0.15) is 16.8 Å². The summed E-state index contributed by atoms with van der Waals surface area (Å²) in [5.74, 6) is 0.361. The molecular weight excluding hydrogens is 258 g/mol. The third-order valence-electron chi connectivity index (χ3n) is 3.32. The van der Waals surface area contributed by atoms with E-state index in [4.69, 9.17) is 4.74 Å². The summed E-state index contributed by atoms with van der Waals surface area (Å²) < 4.78 is 6.82. The molecule has 2 aromatic rings. The molecule has 7 heteroatoms. The molecule has 1 aromatic heterocycles. The Labute approximate surface area is 115 Å². The van der Waals surface area contributed by atoms with Gasteiger partial charge < -0.3 is 10.1 Å². The number of hydrogen-bond acceptors (Lipinski definition) is 5. The van der Waals surface area contributed by atoms with Crippen molar-refractivity contribution < 1.29 is 9.53 Å². The van der Waals surface area contributed by atoms with Gasteiger partial charge in [-0.25, -0.2) is 4.68 Å². The second kappa shape index (κ2) is 5.79. The van der Waals surface area contributed by atoms with E-state index in [9.17, 15) is 4.79 Å². The smallest absolute Gasteiger partial charge is 0.251 e. The first-order valence-electron chi connectivity index (χ1n) is 6.52. The monoisotopic (exact) mass is 273 g/mol. The van der Waals surface area contributed by atoms with E-state index in [1.54, 1.807) is 12.1 Å². The Kier molecular flexibility index (Phi) is 3.69. The van der Waals surface area contributed by atoms with E-state index >= 15 is 0 Å². The lowest BCUT2D eigenvalue weighted by atomic mass is 10.1. The molecule has 1 saturated heterocycles. The van der Waals surface area contributed by atoms with Crippen LogP contribution >= 0.6 is 0 Å². The number of carbonyl (C=O) groups is 1. The Morgan fingerprint density at radius 3 is 2.90 bits per heavy atom. The number of carbonyl (C=O) groups excluding carboxylic acids is 1. The van der Waals surface area contributed by atoms with Gasteiger partial charge in [-0.15, -0.1) is 5.10 Å². The fourth-order valence-corrected chi connectivity index (χ4v) is 2.13. The molecule has 7 nitrogen and oxygen atoms in total. The van der Waals surface area contributed by atoms with Crippen LogP contribution in [0.3, 0.4) is 0 Å². The highest BCUT2D eigenvalue weighted by Gasteiger charge is 2.16. The van der Waals surface area contributed by atoms with Crippen molar-refractivity contribution >= 4 is 5.91 Å². The molecule has 1 fully saturated rings. The minimum absolute atomic E-state index is 0.0693. The molecule has 1 amide bonds. The minimum Gasteiger partial charge on any atom is -0.381 e. The second-order valence-electron chi connectivity index (χ2n) is 4.74. The van der Waals surface area contributed by atoms with Gasteiger partial charge in [-0.2, -0.15) is 0 Å². The maximum atomic E-state index is 12.0. The van der Waals surface area contributed by atoms with Crippen molar-refractivity contribution in [2.75, 3.05) is 19.8 Å². The largest absolute Gasteiger partial charge is 0.381 e. The molecule has 3 rings (SSSR count). The third kappa shape index (κ3) is 2.83. The number of aromatic nitrogens is 4. The molecule has 0 saturated carbocycles. The fraction of sp³-hybridized carbons (Fsp3) is 0.385. The van der Waals surface area contributed by atoms with Gasteiger partial charge in [0.15, 0.2) is 0 Å². The number of rotatable bonds is 4. The molecule has 0 radical (unpaired) electrons. The first-order valence-corrected chi connectivity index (χ1v) is 6.52. The third-order valence-corrected chi connectivity index (χ3v) is 3.32. The van der Waals surface area contributed by atoms with Gasteiger partial charge in [-0.05, 0) is 41.1 Å². The zero-order valence-electron chi connectivity index (χ0n) is 10.9. The number of ether oxygens (including phenoxy) is 1. The van der Waals surface area contributed by atoms with Gasteiger partial charge in [-0.1, -0.05) is 0 Å². The van der Waals surface area contributed by atoms with Crippen LogP contribution in [0.2, 0.25) is 0 Å². The van der Waals surface area contributed by atoms with Gasteiger partial charge in [0, 0.05) is 24.6 Å². The normalized spacial score (nSPS) is 18.1. The second-order valence-corrected chi connectivity index (χ2v) is 4.74. The van der Waals surface area contributed by atoms with Crippen LogP contribution in [-0.2, 0) is 4.74 Å². The molecule has 0 bridgehead atoms. The van der Waals surface area contributed by atoms with Crippen molar-refractivity contribution in [1.29, 1.82) is 0 Å². The minimum atomic E-state index is -0.0693. The lowest BCUT2D eigenvalue weighted by Gasteiger charge is -2.09. The quantitative estimate of drug-likeness (QED) is 0.873. The molecule has 1 aromatic carbocycles. The van der Waals surface area contributed by atoms with Crippen molar-refractivity contribution in [3.63, 3.8) is 0 Å². The summed E-state index contributed by atoms with van der Waals surface area (Å²) in [4.78, 5) is 12.0. The van der Waals surface area contributed by atoms with Crippen LogP contribution in [0.4, 0.5) is 0 Å². The molecule has 1 N–H and O–H groups in total. The van der Waals surface area contributed by atoms with E-state index in [0.717, 1.165) is 25.3 Å². The SMILES string of the molecule is O=C(NC[C@@H]1CCOC1)c1ccc(-n2cnnn2)cc1. The van der Waals surface area contributed by atoms with Crippen molar-refractivity contribution in [3.05, 3.63) is 36.2 Å². The summed E-state index contributed by atoms with van der Waals surface area (Å²) >= 11 is 0. The van der Waals surface area contributed by atoms with E-state index in [-0.39, 0.29) is 5.91 Å². The summed E-state index contributed by atoms with van der Waals surface area (Å²) in [6.45, 7) is 2.19. The molecule has 20 heavy (non-hydrogen) atoms. The summed E-state index contributed by atoms with van der Waals surface area (Å²) in [5, 5.41) is 13.9. The van der Waals surface area contributed by atoms with E-state index in [1.807, 2.05) is 12.1 Å². The predicted molar refractivity (Wildman–Crippen MR) is 70.4 cm³/mol. The molecular formula is C13H15N5O2. The molecule has 1 aliphatic rings. The van der Waals surface area contributed by atoms with Gasteiger partial charge in [0.05, 0.1) is 12.3 Å². The van der Waals surface area contributed by atoms with Crippen LogP contribution in [0.5, 0.6) is 0 Å². The summed E-state index contributed by atoms with van der Waals surface area (Å²) in [6, 6.07) is 7.14. The Morgan fingerprint density at radius 2 is 2.25 bits per heavy atom. The van der Waals surface area contributed by atoms with Crippen LogP contribution in [0.25, 0.3) is 5.69 Å². The maximum absolute atomic E-state index is 12.0. The van der Waals surface area contributed by atoms with Crippen LogP contribution in [-0.4, -0.2) is 45.9 Å². The van der Waals surface area contributed by atoms with E-state index in [1.165, 1.54) is 11.0 Å². The highest BCUT2D eigenvalue weighted by molar-refractivity contribution is 5.94. The van der Waals surface area contributed by atoms with Crippen LogP contribution in [0, 0.1) is 5.92 Å². The average molecular weight is 273 g/mol. The molecule has 0 aliphatic carbocycles. The number of nitrogens with one attached hydrogen (secondary N) is 1. The summed E-state index contributed by atoms with van der Waals surface area (Å²) in [7, 11) is 0. The van der Waals surface area contributed by atoms with Gasteiger partial charge in [0.1, 0.15) is 6.33 Å². The standard InChI is InChI=1S/C13H15N5O2/c19-13(14-7-10-5-6-20-8-10)11-1-3-12(4-2-11)18-9-15-16-17-18/h1-4,9-10H,5-8H2,(H,14,19)/t10-/m0/s1. The summed E-state index contributed by atoms with van der Waals surface area (Å²) in [5.41, 5.74) is 1.44. The topological polar surface area (TPSA) is 81.9 Å².